The lowest BCUT2D eigenvalue weighted by Crippen LogP contribution is -2.39. The quantitative estimate of drug-likeness (QED) is 0.878. The molecule has 2 nitrogen and oxygen atoms in total. The van der Waals surface area contributed by atoms with E-state index in [1.165, 1.54) is 24.0 Å². The third-order valence-corrected chi connectivity index (χ3v) is 4.95. The van der Waals surface area contributed by atoms with Gasteiger partial charge in [0.25, 0.3) is 0 Å². The van der Waals surface area contributed by atoms with Crippen molar-refractivity contribution in [1.82, 2.24) is 5.32 Å². The molecule has 0 aliphatic heterocycles. The summed E-state index contributed by atoms with van der Waals surface area (Å²) in [5.74, 6) is 2.25. The van der Waals surface area contributed by atoms with Crippen molar-refractivity contribution in [2.45, 2.75) is 53.5 Å². The predicted octanol–water partition coefficient (Wildman–Crippen LogP) is 4.32. The van der Waals surface area contributed by atoms with Crippen LogP contribution in [0.25, 0.3) is 0 Å². The zero-order valence-electron chi connectivity index (χ0n) is 13.9. The molecular formula is C19H29NO. The van der Waals surface area contributed by atoms with Gasteiger partial charge in [0.1, 0.15) is 0 Å². The second-order valence-corrected chi connectivity index (χ2v) is 7.14. The van der Waals surface area contributed by atoms with E-state index < -0.39 is 0 Å². The van der Waals surface area contributed by atoms with Crippen molar-refractivity contribution in [3.8, 4) is 0 Å². The van der Waals surface area contributed by atoms with E-state index in [0.29, 0.717) is 24.3 Å². The Labute approximate surface area is 129 Å². The molecule has 1 saturated carbocycles. The summed E-state index contributed by atoms with van der Waals surface area (Å²) in [5, 5.41) is 3.15. The summed E-state index contributed by atoms with van der Waals surface area (Å²) in [7, 11) is 0. The molecule has 2 rings (SSSR count). The van der Waals surface area contributed by atoms with E-state index in [0.717, 1.165) is 6.42 Å². The average molecular weight is 287 g/mol. The van der Waals surface area contributed by atoms with Crippen LogP contribution in [0.15, 0.2) is 24.3 Å². The molecule has 21 heavy (non-hydrogen) atoms. The van der Waals surface area contributed by atoms with E-state index >= 15 is 0 Å². The van der Waals surface area contributed by atoms with Crippen molar-refractivity contribution in [2.75, 3.05) is 0 Å². The minimum atomic E-state index is 0.194. The maximum absolute atomic E-state index is 12.6. The first kappa shape index (κ1) is 16.1. The highest BCUT2D eigenvalue weighted by atomic mass is 16.1. The molecule has 0 bridgehead atoms. The summed E-state index contributed by atoms with van der Waals surface area (Å²) in [4.78, 5) is 12.6. The molecule has 1 aromatic rings. The third kappa shape index (κ3) is 4.33. The SMILES string of the molecule is Cc1ccc(CNC(=O)C2CC(C)CCC2C(C)C)cc1. The predicted molar refractivity (Wildman–Crippen MR) is 87.9 cm³/mol. The summed E-state index contributed by atoms with van der Waals surface area (Å²) >= 11 is 0. The molecule has 0 aromatic heterocycles. The Morgan fingerprint density at radius 2 is 1.90 bits per heavy atom. The van der Waals surface area contributed by atoms with Gasteiger partial charge in [0, 0.05) is 12.5 Å². The van der Waals surface area contributed by atoms with E-state index in [9.17, 15) is 4.79 Å². The van der Waals surface area contributed by atoms with Crippen LogP contribution in [0.2, 0.25) is 0 Å². The number of hydrogen-bond acceptors (Lipinski definition) is 1. The topological polar surface area (TPSA) is 29.1 Å². The first-order valence-corrected chi connectivity index (χ1v) is 8.30. The third-order valence-electron chi connectivity index (χ3n) is 4.95. The zero-order chi connectivity index (χ0) is 15.4. The number of nitrogens with one attached hydrogen (secondary N) is 1. The average Bonchev–Trinajstić information content (AvgIpc) is 2.46. The molecule has 1 N–H and O–H groups in total. The van der Waals surface area contributed by atoms with Crippen LogP contribution in [-0.2, 0) is 11.3 Å². The van der Waals surface area contributed by atoms with E-state index in [4.69, 9.17) is 0 Å². The highest BCUT2D eigenvalue weighted by molar-refractivity contribution is 5.79. The van der Waals surface area contributed by atoms with Gasteiger partial charge in [0.15, 0.2) is 0 Å². The van der Waals surface area contributed by atoms with Crippen LogP contribution in [0.4, 0.5) is 0 Å². The molecule has 1 fully saturated rings. The second kappa shape index (κ2) is 7.11. The standard InChI is InChI=1S/C19H29NO/c1-13(2)17-10-7-15(4)11-18(17)19(21)20-12-16-8-5-14(3)6-9-16/h5-6,8-9,13,15,17-18H,7,10-12H2,1-4H3,(H,20,21). The molecule has 2 heteroatoms. The number of carbonyl (C=O) groups is 1. The van der Waals surface area contributed by atoms with E-state index in [-0.39, 0.29) is 11.8 Å². The van der Waals surface area contributed by atoms with E-state index in [1.54, 1.807) is 0 Å². The van der Waals surface area contributed by atoms with Crippen LogP contribution in [-0.4, -0.2) is 5.91 Å². The van der Waals surface area contributed by atoms with Crippen molar-refractivity contribution < 1.29 is 4.79 Å². The van der Waals surface area contributed by atoms with Crippen molar-refractivity contribution in [3.63, 3.8) is 0 Å². The summed E-state index contributed by atoms with van der Waals surface area (Å²) in [6, 6.07) is 8.39. The lowest BCUT2D eigenvalue weighted by molar-refractivity contribution is -0.129. The molecular weight excluding hydrogens is 258 g/mol. The van der Waals surface area contributed by atoms with Gasteiger partial charge in [0.2, 0.25) is 5.91 Å². The van der Waals surface area contributed by atoms with E-state index in [2.05, 4.69) is 57.3 Å². The summed E-state index contributed by atoms with van der Waals surface area (Å²) in [5.41, 5.74) is 2.44. The summed E-state index contributed by atoms with van der Waals surface area (Å²) < 4.78 is 0. The zero-order valence-corrected chi connectivity index (χ0v) is 13.9. The smallest absolute Gasteiger partial charge is 0.223 e. The van der Waals surface area contributed by atoms with Gasteiger partial charge < -0.3 is 5.32 Å². The van der Waals surface area contributed by atoms with Gasteiger partial charge in [-0.15, -0.1) is 0 Å². The molecule has 3 atom stereocenters. The van der Waals surface area contributed by atoms with Gasteiger partial charge in [-0.3, -0.25) is 4.79 Å². The van der Waals surface area contributed by atoms with Crippen molar-refractivity contribution in [3.05, 3.63) is 35.4 Å². The molecule has 3 unspecified atom stereocenters. The largest absolute Gasteiger partial charge is 0.352 e. The maximum atomic E-state index is 12.6. The molecule has 116 valence electrons. The highest BCUT2D eigenvalue weighted by Gasteiger charge is 2.35. The first-order chi connectivity index (χ1) is 9.97. The van der Waals surface area contributed by atoms with E-state index in [1.807, 2.05) is 0 Å². The fraction of sp³-hybridized carbons (Fsp3) is 0.632. The lowest BCUT2D eigenvalue weighted by Gasteiger charge is -2.36. The minimum absolute atomic E-state index is 0.194. The highest BCUT2D eigenvalue weighted by Crippen LogP contribution is 2.38. The second-order valence-electron chi connectivity index (χ2n) is 7.14. The van der Waals surface area contributed by atoms with Gasteiger partial charge in [0.05, 0.1) is 0 Å². The molecule has 1 aliphatic carbocycles. The van der Waals surface area contributed by atoms with Crippen LogP contribution in [0.5, 0.6) is 0 Å². The normalized spacial score (nSPS) is 25.9. The summed E-state index contributed by atoms with van der Waals surface area (Å²) in [6.45, 7) is 9.51. The fourth-order valence-corrected chi connectivity index (χ4v) is 3.53. The Kier molecular flexibility index (Phi) is 5.44. The summed E-state index contributed by atoms with van der Waals surface area (Å²) in [6.07, 6.45) is 3.51. The van der Waals surface area contributed by atoms with Gasteiger partial charge >= 0.3 is 0 Å². The number of hydrogen-bond donors (Lipinski definition) is 1. The Balaban J connectivity index is 1.95. The van der Waals surface area contributed by atoms with Crippen LogP contribution in [0.3, 0.4) is 0 Å². The Morgan fingerprint density at radius 1 is 1.24 bits per heavy atom. The van der Waals surface area contributed by atoms with Gasteiger partial charge in [-0.25, -0.2) is 0 Å². The lowest BCUT2D eigenvalue weighted by atomic mass is 9.70. The van der Waals surface area contributed by atoms with Crippen LogP contribution < -0.4 is 5.32 Å². The van der Waals surface area contributed by atoms with Crippen LogP contribution in [0, 0.1) is 30.6 Å². The number of carbonyl (C=O) groups excluding carboxylic acids is 1. The minimum Gasteiger partial charge on any atom is -0.352 e. The Morgan fingerprint density at radius 3 is 2.52 bits per heavy atom. The maximum Gasteiger partial charge on any atom is 0.223 e. The van der Waals surface area contributed by atoms with Crippen LogP contribution in [0.1, 0.15) is 51.2 Å². The first-order valence-electron chi connectivity index (χ1n) is 8.30. The molecule has 1 aliphatic rings. The monoisotopic (exact) mass is 287 g/mol. The molecule has 0 spiro atoms. The molecule has 0 heterocycles. The molecule has 1 amide bonds. The van der Waals surface area contributed by atoms with Gasteiger partial charge in [-0.2, -0.15) is 0 Å². The Bertz CT molecular complexity index is 463. The van der Waals surface area contributed by atoms with Crippen LogP contribution >= 0.6 is 0 Å². The van der Waals surface area contributed by atoms with Gasteiger partial charge in [-0.05, 0) is 43.1 Å². The Hall–Kier alpha value is -1.31. The fourth-order valence-electron chi connectivity index (χ4n) is 3.53. The van der Waals surface area contributed by atoms with Crippen molar-refractivity contribution >= 4 is 5.91 Å². The number of rotatable bonds is 4. The molecule has 1 aromatic carbocycles. The number of amides is 1. The number of aryl methyl sites for hydroxylation is 1. The number of benzene rings is 1. The molecule has 0 saturated heterocycles. The van der Waals surface area contributed by atoms with Gasteiger partial charge in [-0.1, -0.05) is 57.0 Å². The van der Waals surface area contributed by atoms with Crippen molar-refractivity contribution in [1.29, 1.82) is 0 Å². The molecule has 0 radical (unpaired) electrons. The van der Waals surface area contributed by atoms with Crippen molar-refractivity contribution in [2.24, 2.45) is 23.7 Å².